The van der Waals surface area contributed by atoms with Crippen LogP contribution in [0, 0.1) is 0 Å². The fraction of sp³-hybridized carbons (Fsp3) is 0.533. The summed E-state index contributed by atoms with van der Waals surface area (Å²) in [4.78, 5) is 13.5. The standard InChI is InChI=1S/C15H20F3NO2/c1-10(2)19(9-15(16,17)18)11(3)14(20)12-5-7-13(21-4)8-6-12/h5-8,10-11H,9H2,1-4H3. The first-order valence-electron chi connectivity index (χ1n) is 6.66. The lowest BCUT2D eigenvalue weighted by atomic mass is 10.0. The molecule has 1 atom stereocenters. The van der Waals surface area contributed by atoms with Gasteiger partial charge in [-0.1, -0.05) is 0 Å². The minimum atomic E-state index is -4.33. The molecule has 0 saturated heterocycles. The van der Waals surface area contributed by atoms with Crippen LogP contribution in [-0.4, -0.2) is 42.6 Å². The van der Waals surface area contributed by atoms with Crippen molar-refractivity contribution >= 4 is 5.78 Å². The van der Waals surface area contributed by atoms with Gasteiger partial charge in [0.25, 0.3) is 0 Å². The van der Waals surface area contributed by atoms with Gasteiger partial charge >= 0.3 is 6.18 Å². The number of hydrogen-bond acceptors (Lipinski definition) is 3. The Bertz CT molecular complexity index is 469. The zero-order chi connectivity index (χ0) is 16.2. The van der Waals surface area contributed by atoms with E-state index in [1.165, 1.54) is 14.0 Å². The molecule has 0 bridgehead atoms. The fourth-order valence-corrected chi connectivity index (χ4v) is 2.12. The summed E-state index contributed by atoms with van der Waals surface area (Å²) in [6.45, 7) is 3.68. The molecule has 118 valence electrons. The van der Waals surface area contributed by atoms with Gasteiger partial charge in [-0.2, -0.15) is 13.2 Å². The Hall–Kier alpha value is -1.56. The maximum absolute atomic E-state index is 12.6. The van der Waals surface area contributed by atoms with Crippen molar-refractivity contribution in [3.63, 3.8) is 0 Å². The Kier molecular flexibility index (Phi) is 5.78. The quantitative estimate of drug-likeness (QED) is 0.753. The molecule has 0 aromatic heterocycles. The van der Waals surface area contributed by atoms with Gasteiger partial charge in [-0.05, 0) is 45.0 Å². The van der Waals surface area contributed by atoms with Gasteiger partial charge in [0.1, 0.15) is 5.75 Å². The summed E-state index contributed by atoms with van der Waals surface area (Å²) < 4.78 is 42.9. The first-order valence-corrected chi connectivity index (χ1v) is 6.66. The number of nitrogens with zero attached hydrogens (tertiary/aromatic N) is 1. The molecule has 0 amide bonds. The molecule has 1 unspecified atom stereocenters. The Labute approximate surface area is 122 Å². The van der Waals surface area contributed by atoms with Crippen LogP contribution < -0.4 is 4.74 Å². The molecule has 1 aromatic rings. The Morgan fingerprint density at radius 2 is 1.71 bits per heavy atom. The lowest BCUT2D eigenvalue weighted by Crippen LogP contribution is -2.48. The number of rotatable bonds is 6. The van der Waals surface area contributed by atoms with Crippen molar-refractivity contribution < 1.29 is 22.7 Å². The molecule has 0 radical (unpaired) electrons. The SMILES string of the molecule is COc1ccc(C(=O)C(C)N(CC(F)(F)F)C(C)C)cc1. The van der Waals surface area contributed by atoms with Gasteiger partial charge in [0.2, 0.25) is 0 Å². The topological polar surface area (TPSA) is 29.5 Å². The van der Waals surface area contributed by atoms with Crippen LogP contribution >= 0.6 is 0 Å². The molecule has 0 saturated carbocycles. The molecular formula is C15H20F3NO2. The second-order valence-corrected chi connectivity index (χ2v) is 5.15. The van der Waals surface area contributed by atoms with Crippen molar-refractivity contribution in [2.45, 2.75) is 39.0 Å². The highest BCUT2D eigenvalue weighted by Gasteiger charge is 2.36. The van der Waals surface area contributed by atoms with Crippen molar-refractivity contribution in [2.75, 3.05) is 13.7 Å². The Balaban J connectivity index is 2.91. The number of methoxy groups -OCH3 is 1. The summed E-state index contributed by atoms with van der Waals surface area (Å²) >= 11 is 0. The highest BCUT2D eigenvalue weighted by Crippen LogP contribution is 2.22. The first-order chi connectivity index (χ1) is 9.65. The van der Waals surface area contributed by atoms with E-state index in [2.05, 4.69) is 0 Å². The normalized spacial score (nSPS) is 13.6. The lowest BCUT2D eigenvalue weighted by Gasteiger charge is -2.32. The third-order valence-electron chi connectivity index (χ3n) is 3.28. The summed E-state index contributed by atoms with van der Waals surface area (Å²) in [5.74, 6) is 0.255. The van der Waals surface area contributed by atoms with Crippen LogP contribution in [0.25, 0.3) is 0 Å². The van der Waals surface area contributed by atoms with Gasteiger partial charge < -0.3 is 4.74 Å². The summed E-state index contributed by atoms with van der Waals surface area (Å²) in [5, 5.41) is 0. The van der Waals surface area contributed by atoms with Crippen LogP contribution in [0.1, 0.15) is 31.1 Å². The van der Waals surface area contributed by atoms with Crippen LogP contribution in [0.5, 0.6) is 5.75 Å². The predicted octanol–water partition coefficient (Wildman–Crippen LogP) is 3.54. The number of benzene rings is 1. The van der Waals surface area contributed by atoms with E-state index in [9.17, 15) is 18.0 Å². The van der Waals surface area contributed by atoms with E-state index in [0.29, 0.717) is 11.3 Å². The van der Waals surface area contributed by atoms with Crippen LogP contribution in [0.4, 0.5) is 13.2 Å². The van der Waals surface area contributed by atoms with Gasteiger partial charge in [-0.15, -0.1) is 0 Å². The molecule has 1 rings (SSSR count). The van der Waals surface area contributed by atoms with E-state index in [-0.39, 0.29) is 11.8 Å². The van der Waals surface area contributed by atoms with Crippen LogP contribution in [0.15, 0.2) is 24.3 Å². The van der Waals surface area contributed by atoms with Crippen LogP contribution in [-0.2, 0) is 0 Å². The molecule has 0 N–H and O–H groups in total. The van der Waals surface area contributed by atoms with E-state index < -0.39 is 18.8 Å². The fourth-order valence-electron chi connectivity index (χ4n) is 2.12. The third kappa shape index (κ3) is 5.04. The average molecular weight is 303 g/mol. The van der Waals surface area contributed by atoms with E-state index >= 15 is 0 Å². The molecule has 0 fully saturated rings. The summed E-state index contributed by atoms with van der Waals surface area (Å²) in [7, 11) is 1.50. The minimum absolute atomic E-state index is 0.337. The highest BCUT2D eigenvalue weighted by molar-refractivity contribution is 5.99. The molecule has 1 aromatic carbocycles. The van der Waals surface area contributed by atoms with E-state index in [4.69, 9.17) is 4.74 Å². The number of Topliss-reactive ketones (excluding diaryl/α,β-unsaturated/α-hetero) is 1. The van der Waals surface area contributed by atoms with Gasteiger partial charge in [-0.25, -0.2) is 0 Å². The smallest absolute Gasteiger partial charge is 0.401 e. The monoisotopic (exact) mass is 303 g/mol. The average Bonchev–Trinajstić information content (AvgIpc) is 2.42. The lowest BCUT2D eigenvalue weighted by molar-refractivity contribution is -0.152. The highest BCUT2D eigenvalue weighted by atomic mass is 19.4. The van der Waals surface area contributed by atoms with Gasteiger partial charge in [0.05, 0.1) is 19.7 Å². The largest absolute Gasteiger partial charge is 0.497 e. The number of carbonyl (C=O) groups is 1. The van der Waals surface area contributed by atoms with Crippen molar-refractivity contribution in [2.24, 2.45) is 0 Å². The molecule has 0 aliphatic carbocycles. The molecular weight excluding hydrogens is 283 g/mol. The van der Waals surface area contributed by atoms with Crippen molar-refractivity contribution in [3.05, 3.63) is 29.8 Å². The van der Waals surface area contributed by atoms with E-state index in [0.717, 1.165) is 4.90 Å². The zero-order valence-electron chi connectivity index (χ0n) is 12.6. The number of ether oxygens (including phenoxy) is 1. The maximum Gasteiger partial charge on any atom is 0.401 e. The minimum Gasteiger partial charge on any atom is -0.497 e. The van der Waals surface area contributed by atoms with Crippen molar-refractivity contribution in [1.82, 2.24) is 4.90 Å². The van der Waals surface area contributed by atoms with Gasteiger partial charge in [-0.3, -0.25) is 9.69 Å². The predicted molar refractivity (Wildman–Crippen MR) is 74.7 cm³/mol. The van der Waals surface area contributed by atoms with Gasteiger partial charge in [0, 0.05) is 11.6 Å². The molecule has 0 aliphatic heterocycles. The van der Waals surface area contributed by atoms with Gasteiger partial charge in [0.15, 0.2) is 5.78 Å². The van der Waals surface area contributed by atoms with Crippen molar-refractivity contribution in [3.8, 4) is 5.75 Å². The number of hydrogen-bond donors (Lipinski definition) is 0. The molecule has 0 spiro atoms. The van der Waals surface area contributed by atoms with E-state index in [1.807, 2.05) is 0 Å². The van der Waals surface area contributed by atoms with Crippen molar-refractivity contribution in [1.29, 1.82) is 0 Å². The van der Waals surface area contributed by atoms with Crippen LogP contribution in [0.2, 0.25) is 0 Å². The third-order valence-corrected chi connectivity index (χ3v) is 3.28. The second-order valence-electron chi connectivity index (χ2n) is 5.15. The molecule has 0 heterocycles. The number of ketones is 1. The Morgan fingerprint density at radius 3 is 2.10 bits per heavy atom. The van der Waals surface area contributed by atoms with Crippen LogP contribution in [0.3, 0.4) is 0 Å². The molecule has 21 heavy (non-hydrogen) atoms. The summed E-state index contributed by atoms with van der Waals surface area (Å²) in [5.41, 5.74) is 0.371. The first kappa shape index (κ1) is 17.5. The summed E-state index contributed by atoms with van der Waals surface area (Å²) in [6, 6.07) is 5.12. The molecule has 3 nitrogen and oxygen atoms in total. The molecule has 6 heteroatoms. The zero-order valence-corrected chi connectivity index (χ0v) is 12.6. The maximum atomic E-state index is 12.6. The van der Waals surface area contributed by atoms with E-state index in [1.54, 1.807) is 38.1 Å². The number of alkyl halides is 3. The number of carbonyl (C=O) groups excluding carboxylic acids is 1. The number of halogens is 3. The Morgan fingerprint density at radius 1 is 1.19 bits per heavy atom. The summed E-state index contributed by atoms with van der Waals surface area (Å²) in [6.07, 6.45) is -4.33. The molecule has 0 aliphatic rings. The second kappa shape index (κ2) is 6.93.